The van der Waals surface area contributed by atoms with E-state index < -0.39 is 0 Å². The zero-order valence-electron chi connectivity index (χ0n) is 12.7. The second kappa shape index (κ2) is 7.04. The number of benzene rings is 3. The first kappa shape index (κ1) is 15.2. The monoisotopic (exact) mass is 317 g/mol. The third-order valence-corrected chi connectivity index (χ3v) is 4.44. The summed E-state index contributed by atoms with van der Waals surface area (Å²) in [6, 6.07) is 25.6. The third-order valence-electron chi connectivity index (χ3n) is 3.37. The van der Waals surface area contributed by atoms with Gasteiger partial charge in [0.1, 0.15) is 11.5 Å². The number of nitriles is 1. The smallest absolute Gasteiger partial charge is 0.141 e. The van der Waals surface area contributed by atoms with Gasteiger partial charge < -0.3 is 4.74 Å². The topological polar surface area (TPSA) is 33.0 Å². The van der Waals surface area contributed by atoms with E-state index in [9.17, 15) is 0 Å². The molecule has 0 N–H and O–H groups in total. The second-order valence-electron chi connectivity index (χ2n) is 5.05. The van der Waals surface area contributed by atoms with E-state index in [0.29, 0.717) is 5.56 Å². The second-order valence-corrected chi connectivity index (χ2v) is 6.17. The van der Waals surface area contributed by atoms with Crippen molar-refractivity contribution in [2.75, 3.05) is 0 Å². The molecule has 0 aliphatic rings. The summed E-state index contributed by atoms with van der Waals surface area (Å²) < 4.78 is 6.08. The summed E-state index contributed by atoms with van der Waals surface area (Å²) in [7, 11) is 0. The van der Waals surface area contributed by atoms with Crippen LogP contribution < -0.4 is 4.74 Å². The first-order valence-corrected chi connectivity index (χ1v) is 8.08. The Morgan fingerprint density at radius 3 is 2.17 bits per heavy atom. The zero-order chi connectivity index (χ0) is 16.1. The average Bonchev–Trinajstić information content (AvgIpc) is 2.59. The van der Waals surface area contributed by atoms with Crippen molar-refractivity contribution < 1.29 is 4.74 Å². The van der Waals surface area contributed by atoms with Crippen LogP contribution in [0, 0.1) is 18.3 Å². The van der Waals surface area contributed by atoms with Gasteiger partial charge in [-0.3, -0.25) is 0 Å². The van der Waals surface area contributed by atoms with Gasteiger partial charge >= 0.3 is 0 Å². The highest BCUT2D eigenvalue weighted by Crippen LogP contribution is 2.37. The Bertz CT molecular complexity index is 850. The quantitative estimate of drug-likeness (QED) is 0.608. The molecule has 0 aromatic heterocycles. The van der Waals surface area contributed by atoms with Gasteiger partial charge in [-0.05, 0) is 55.0 Å². The Balaban J connectivity index is 1.86. The van der Waals surface area contributed by atoms with Crippen molar-refractivity contribution in [3.63, 3.8) is 0 Å². The first-order valence-electron chi connectivity index (χ1n) is 7.27. The van der Waals surface area contributed by atoms with Crippen LogP contribution >= 0.6 is 11.8 Å². The van der Waals surface area contributed by atoms with Gasteiger partial charge in [0.05, 0.1) is 16.5 Å². The molecule has 0 radical (unpaired) electrons. The summed E-state index contributed by atoms with van der Waals surface area (Å²) in [4.78, 5) is 2.12. The van der Waals surface area contributed by atoms with E-state index in [2.05, 4.69) is 6.07 Å². The molecule has 2 nitrogen and oxygen atoms in total. The molecule has 0 saturated heterocycles. The summed E-state index contributed by atoms with van der Waals surface area (Å²) in [5.74, 6) is 1.69. The summed E-state index contributed by atoms with van der Waals surface area (Å²) >= 11 is 1.62. The van der Waals surface area contributed by atoms with Gasteiger partial charge in [-0.25, -0.2) is 0 Å². The third kappa shape index (κ3) is 3.74. The van der Waals surface area contributed by atoms with Crippen LogP contribution in [0.4, 0.5) is 0 Å². The molecule has 3 aromatic rings. The molecule has 0 amide bonds. The molecule has 3 heteroatoms. The number of aryl methyl sites for hydroxylation is 1. The van der Waals surface area contributed by atoms with Crippen molar-refractivity contribution in [1.82, 2.24) is 0 Å². The molecule has 0 heterocycles. The lowest BCUT2D eigenvalue weighted by molar-refractivity contribution is 0.467. The maximum atomic E-state index is 8.88. The van der Waals surface area contributed by atoms with Crippen molar-refractivity contribution >= 4 is 11.8 Å². The molecule has 0 fully saturated rings. The number of nitrogens with zero attached hydrogens (tertiary/aromatic N) is 1. The summed E-state index contributed by atoms with van der Waals surface area (Å²) in [6.45, 7) is 2.03. The lowest BCUT2D eigenvalue weighted by Crippen LogP contribution is -1.89. The zero-order valence-corrected chi connectivity index (χ0v) is 13.5. The Morgan fingerprint density at radius 2 is 1.48 bits per heavy atom. The first-order chi connectivity index (χ1) is 11.3. The molecule has 3 aromatic carbocycles. The fraction of sp³-hybridized carbons (Fsp3) is 0.0500. The molecule has 0 unspecified atom stereocenters. The fourth-order valence-electron chi connectivity index (χ4n) is 2.13. The molecule has 0 saturated carbocycles. The van der Waals surface area contributed by atoms with Gasteiger partial charge in [0.2, 0.25) is 0 Å². The largest absolute Gasteiger partial charge is 0.456 e. The highest BCUT2D eigenvalue weighted by atomic mass is 32.2. The standard InChI is InChI=1S/C20H15NOS/c1-15-6-2-3-7-18(15)22-19-8-4-5-9-20(19)23-17-12-10-16(14-21)11-13-17/h2-13H,1H3. The fourth-order valence-corrected chi connectivity index (χ4v) is 3.02. The highest BCUT2D eigenvalue weighted by molar-refractivity contribution is 7.99. The number of hydrogen-bond acceptors (Lipinski definition) is 3. The molecule has 23 heavy (non-hydrogen) atoms. The lowest BCUT2D eigenvalue weighted by Gasteiger charge is -2.12. The number of ether oxygens (including phenoxy) is 1. The van der Waals surface area contributed by atoms with E-state index in [-0.39, 0.29) is 0 Å². The lowest BCUT2D eigenvalue weighted by atomic mass is 10.2. The van der Waals surface area contributed by atoms with Crippen LogP contribution in [0.25, 0.3) is 0 Å². The highest BCUT2D eigenvalue weighted by Gasteiger charge is 2.08. The average molecular weight is 317 g/mol. The molecule has 0 spiro atoms. The van der Waals surface area contributed by atoms with E-state index >= 15 is 0 Å². The van der Waals surface area contributed by atoms with E-state index in [4.69, 9.17) is 10.00 Å². The summed E-state index contributed by atoms with van der Waals surface area (Å²) in [6.07, 6.45) is 0. The number of rotatable bonds is 4. The minimum absolute atomic E-state index is 0.666. The van der Waals surface area contributed by atoms with Crippen molar-refractivity contribution in [3.05, 3.63) is 83.9 Å². The Morgan fingerprint density at radius 1 is 0.826 bits per heavy atom. The van der Waals surface area contributed by atoms with Crippen molar-refractivity contribution in [2.45, 2.75) is 16.7 Å². The molecule has 0 aliphatic heterocycles. The van der Waals surface area contributed by atoms with Crippen LogP contribution in [0.3, 0.4) is 0 Å². The molecular formula is C20H15NOS. The minimum atomic E-state index is 0.666. The van der Waals surface area contributed by atoms with Crippen LogP contribution in [-0.4, -0.2) is 0 Å². The maximum absolute atomic E-state index is 8.88. The Kier molecular flexibility index (Phi) is 4.65. The number of hydrogen-bond donors (Lipinski definition) is 0. The Labute approximate surface area is 140 Å². The number of para-hydroxylation sites is 2. The van der Waals surface area contributed by atoms with Crippen LogP contribution in [0.15, 0.2) is 82.6 Å². The summed E-state index contributed by atoms with van der Waals surface area (Å²) in [5.41, 5.74) is 1.77. The van der Waals surface area contributed by atoms with Crippen LogP contribution in [0.5, 0.6) is 11.5 Å². The Hall–Kier alpha value is -2.70. The molecule has 3 rings (SSSR count). The van der Waals surface area contributed by atoms with Gasteiger partial charge in [0.25, 0.3) is 0 Å². The molecule has 112 valence electrons. The normalized spacial score (nSPS) is 10.1. The van der Waals surface area contributed by atoms with Crippen LogP contribution in [-0.2, 0) is 0 Å². The van der Waals surface area contributed by atoms with Crippen molar-refractivity contribution in [2.24, 2.45) is 0 Å². The van der Waals surface area contributed by atoms with Crippen LogP contribution in [0.1, 0.15) is 11.1 Å². The molecule has 0 atom stereocenters. The van der Waals surface area contributed by atoms with E-state index in [1.165, 1.54) is 0 Å². The van der Waals surface area contributed by atoms with Gasteiger partial charge in [-0.1, -0.05) is 42.1 Å². The SMILES string of the molecule is Cc1ccccc1Oc1ccccc1Sc1ccc(C#N)cc1. The van der Waals surface area contributed by atoms with E-state index in [0.717, 1.165) is 26.9 Å². The predicted molar refractivity (Wildman–Crippen MR) is 93.0 cm³/mol. The van der Waals surface area contributed by atoms with Gasteiger partial charge in [-0.2, -0.15) is 5.26 Å². The molecule has 0 aliphatic carbocycles. The minimum Gasteiger partial charge on any atom is -0.456 e. The maximum Gasteiger partial charge on any atom is 0.141 e. The van der Waals surface area contributed by atoms with E-state index in [1.807, 2.05) is 79.7 Å². The van der Waals surface area contributed by atoms with Gasteiger partial charge in [-0.15, -0.1) is 0 Å². The van der Waals surface area contributed by atoms with Crippen molar-refractivity contribution in [1.29, 1.82) is 5.26 Å². The van der Waals surface area contributed by atoms with Crippen LogP contribution in [0.2, 0.25) is 0 Å². The van der Waals surface area contributed by atoms with Gasteiger partial charge in [0, 0.05) is 4.90 Å². The van der Waals surface area contributed by atoms with Gasteiger partial charge in [0.15, 0.2) is 0 Å². The summed E-state index contributed by atoms with van der Waals surface area (Å²) in [5, 5.41) is 8.88. The predicted octanol–water partition coefficient (Wildman–Crippen LogP) is 5.81. The van der Waals surface area contributed by atoms with Crippen molar-refractivity contribution in [3.8, 4) is 17.6 Å². The van der Waals surface area contributed by atoms with E-state index in [1.54, 1.807) is 11.8 Å². The molecular weight excluding hydrogens is 302 g/mol. The molecule has 0 bridgehead atoms.